The van der Waals surface area contributed by atoms with Crippen molar-refractivity contribution >= 4 is 34.8 Å². The maximum absolute atomic E-state index is 12.7. The first-order chi connectivity index (χ1) is 15.7. The van der Waals surface area contributed by atoms with E-state index in [-0.39, 0.29) is 17.8 Å². The van der Waals surface area contributed by atoms with Crippen LogP contribution in [0.4, 0.5) is 17.1 Å². The zero-order valence-electron chi connectivity index (χ0n) is 18.6. The minimum atomic E-state index is -0.827. The fourth-order valence-electron chi connectivity index (χ4n) is 3.49. The molecule has 0 radical (unpaired) electrons. The molecule has 0 aromatic heterocycles. The van der Waals surface area contributed by atoms with E-state index >= 15 is 0 Å². The quantitative estimate of drug-likeness (QED) is 0.370. The molecule has 1 fully saturated rings. The summed E-state index contributed by atoms with van der Waals surface area (Å²) in [5.74, 6) is -1.79. The van der Waals surface area contributed by atoms with Crippen molar-refractivity contribution in [3.63, 3.8) is 0 Å². The number of anilines is 2. The summed E-state index contributed by atoms with van der Waals surface area (Å²) in [6.45, 7) is 2.59. The second-order valence-corrected chi connectivity index (χ2v) is 7.89. The van der Waals surface area contributed by atoms with Crippen LogP contribution in [0.25, 0.3) is 0 Å². The minimum Gasteiger partial charge on any atom is -0.452 e. The normalized spacial score (nSPS) is 12.8. The average Bonchev–Trinajstić information content (AvgIpc) is 3.33. The van der Waals surface area contributed by atoms with Gasteiger partial charge >= 0.3 is 5.97 Å². The molecule has 10 heteroatoms. The molecule has 1 aliphatic rings. The summed E-state index contributed by atoms with van der Waals surface area (Å²) in [5.41, 5.74) is 2.01. The summed E-state index contributed by atoms with van der Waals surface area (Å²) in [6, 6.07) is 11.3. The van der Waals surface area contributed by atoms with Crippen LogP contribution in [0, 0.1) is 17.0 Å². The highest BCUT2D eigenvalue weighted by atomic mass is 16.6. The van der Waals surface area contributed by atoms with Crippen LogP contribution in [0.3, 0.4) is 0 Å². The van der Waals surface area contributed by atoms with E-state index in [1.54, 1.807) is 12.1 Å². The Morgan fingerprint density at radius 2 is 1.79 bits per heavy atom. The van der Waals surface area contributed by atoms with Gasteiger partial charge in [-0.3, -0.25) is 19.7 Å². The molecule has 0 unspecified atom stereocenters. The topological polar surface area (TPSA) is 122 Å². The number of benzene rings is 2. The van der Waals surface area contributed by atoms with E-state index in [1.807, 2.05) is 24.0 Å². The molecule has 2 aromatic rings. The molecule has 1 N–H and O–H groups in total. The van der Waals surface area contributed by atoms with E-state index in [0.29, 0.717) is 11.4 Å². The van der Waals surface area contributed by atoms with Crippen molar-refractivity contribution in [3.8, 4) is 0 Å². The van der Waals surface area contributed by atoms with Gasteiger partial charge in [-0.25, -0.2) is 4.79 Å². The van der Waals surface area contributed by atoms with Crippen molar-refractivity contribution in [3.05, 3.63) is 63.7 Å². The molecule has 2 amide bonds. The van der Waals surface area contributed by atoms with Crippen LogP contribution in [0.1, 0.15) is 28.8 Å². The number of nitrogens with zero attached hydrogens (tertiary/aromatic N) is 3. The summed E-state index contributed by atoms with van der Waals surface area (Å²) in [5, 5.41) is 13.8. The number of carbonyl (C=O) groups excluding carboxylic acids is 3. The maximum Gasteiger partial charge on any atom is 0.341 e. The lowest BCUT2D eigenvalue weighted by Gasteiger charge is -2.21. The van der Waals surface area contributed by atoms with Gasteiger partial charge in [-0.05, 0) is 38.0 Å². The smallest absolute Gasteiger partial charge is 0.341 e. The van der Waals surface area contributed by atoms with Gasteiger partial charge in [0.25, 0.3) is 11.6 Å². The highest BCUT2D eigenvalue weighted by Crippen LogP contribution is 2.29. The van der Waals surface area contributed by atoms with E-state index in [2.05, 4.69) is 5.32 Å². The molecule has 3 rings (SSSR count). The number of amides is 2. The molecule has 2 aromatic carbocycles. The van der Waals surface area contributed by atoms with Gasteiger partial charge in [0, 0.05) is 38.0 Å². The van der Waals surface area contributed by atoms with Crippen molar-refractivity contribution in [2.24, 2.45) is 0 Å². The van der Waals surface area contributed by atoms with Crippen LogP contribution in [0.2, 0.25) is 0 Å². The van der Waals surface area contributed by atoms with Gasteiger partial charge in [0.2, 0.25) is 5.91 Å². The molecule has 0 atom stereocenters. The number of ether oxygens (including phenoxy) is 1. The van der Waals surface area contributed by atoms with Gasteiger partial charge < -0.3 is 19.9 Å². The van der Waals surface area contributed by atoms with E-state index in [9.17, 15) is 24.5 Å². The maximum atomic E-state index is 12.7. The largest absolute Gasteiger partial charge is 0.452 e. The number of non-ortho nitro benzene ring substituents is 1. The van der Waals surface area contributed by atoms with Crippen molar-refractivity contribution in [1.82, 2.24) is 4.90 Å². The summed E-state index contributed by atoms with van der Waals surface area (Å²) >= 11 is 0. The fourth-order valence-corrected chi connectivity index (χ4v) is 3.49. The van der Waals surface area contributed by atoms with E-state index in [1.165, 1.54) is 25.2 Å². The van der Waals surface area contributed by atoms with E-state index < -0.39 is 29.3 Å². The highest BCUT2D eigenvalue weighted by molar-refractivity contribution is 5.98. The SMILES string of the molecule is Cc1ccc(NC(=O)CN(C)C(=O)COC(=O)c2cc([N+](=O)[O-])ccc2N2CCCC2)cc1. The van der Waals surface area contributed by atoms with Crippen molar-refractivity contribution in [2.45, 2.75) is 19.8 Å². The first-order valence-electron chi connectivity index (χ1n) is 10.6. The lowest BCUT2D eigenvalue weighted by atomic mass is 10.1. The molecule has 0 aliphatic carbocycles. The van der Waals surface area contributed by atoms with Gasteiger partial charge in [-0.2, -0.15) is 0 Å². The molecule has 1 saturated heterocycles. The number of esters is 1. The molecular weight excluding hydrogens is 428 g/mol. The van der Waals surface area contributed by atoms with Crippen molar-refractivity contribution < 1.29 is 24.0 Å². The monoisotopic (exact) mass is 454 g/mol. The van der Waals surface area contributed by atoms with Gasteiger partial charge in [-0.1, -0.05) is 17.7 Å². The zero-order valence-corrected chi connectivity index (χ0v) is 18.6. The second-order valence-electron chi connectivity index (χ2n) is 7.89. The van der Waals surface area contributed by atoms with Gasteiger partial charge in [-0.15, -0.1) is 0 Å². The molecular formula is C23H26N4O6. The molecule has 0 saturated carbocycles. The molecule has 10 nitrogen and oxygen atoms in total. The van der Waals surface area contributed by atoms with Crippen molar-refractivity contribution in [1.29, 1.82) is 0 Å². The van der Waals surface area contributed by atoms with E-state index in [4.69, 9.17) is 4.74 Å². The Bertz CT molecular complexity index is 1050. The Hall–Kier alpha value is -3.95. The highest BCUT2D eigenvalue weighted by Gasteiger charge is 2.24. The molecule has 1 heterocycles. The fraction of sp³-hybridized carbons (Fsp3) is 0.348. The Morgan fingerprint density at radius 1 is 1.12 bits per heavy atom. The Morgan fingerprint density at radius 3 is 2.42 bits per heavy atom. The first kappa shape index (κ1) is 23.7. The van der Waals surface area contributed by atoms with Crippen LogP contribution in [0.15, 0.2) is 42.5 Å². The summed E-state index contributed by atoms with van der Waals surface area (Å²) < 4.78 is 5.15. The number of aryl methyl sites for hydroxylation is 1. The third-order valence-corrected chi connectivity index (χ3v) is 5.33. The third kappa shape index (κ3) is 6.28. The van der Waals surface area contributed by atoms with Gasteiger partial charge in [0.15, 0.2) is 6.61 Å². The zero-order chi connectivity index (χ0) is 24.0. The summed E-state index contributed by atoms with van der Waals surface area (Å²) in [7, 11) is 1.42. The van der Waals surface area contributed by atoms with Gasteiger partial charge in [0.05, 0.1) is 22.7 Å². The number of rotatable bonds is 8. The standard InChI is InChI=1S/C23H26N4O6/c1-16-5-7-17(8-6-16)24-21(28)14-25(2)22(29)15-33-23(30)19-13-18(27(31)32)9-10-20(19)26-11-3-4-12-26/h5-10,13H,3-4,11-12,14-15H2,1-2H3,(H,24,28). The third-order valence-electron chi connectivity index (χ3n) is 5.33. The molecule has 0 bridgehead atoms. The molecule has 33 heavy (non-hydrogen) atoms. The van der Waals surface area contributed by atoms with Gasteiger partial charge in [0.1, 0.15) is 0 Å². The number of likely N-dealkylation sites (N-methyl/N-ethyl adjacent to an activating group) is 1. The number of hydrogen-bond donors (Lipinski definition) is 1. The molecule has 0 spiro atoms. The minimum absolute atomic E-state index is 0.0404. The van der Waals surface area contributed by atoms with Crippen molar-refractivity contribution in [2.75, 3.05) is 43.5 Å². The van der Waals surface area contributed by atoms with Crippen LogP contribution in [-0.4, -0.2) is 60.9 Å². The average molecular weight is 454 g/mol. The molecule has 174 valence electrons. The second kappa shape index (κ2) is 10.6. The Kier molecular flexibility index (Phi) is 7.60. The number of hydrogen-bond acceptors (Lipinski definition) is 7. The van der Waals surface area contributed by atoms with Crippen LogP contribution < -0.4 is 10.2 Å². The van der Waals surface area contributed by atoms with Crippen LogP contribution in [-0.2, 0) is 14.3 Å². The summed E-state index contributed by atoms with van der Waals surface area (Å²) in [4.78, 5) is 50.9. The lowest BCUT2D eigenvalue weighted by Crippen LogP contribution is -2.37. The predicted octanol–water partition coefficient (Wildman–Crippen LogP) is 2.76. The lowest BCUT2D eigenvalue weighted by molar-refractivity contribution is -0.384. The summed E-state index contributed by atoms with van der Waals surface area (Å²) in [6.07, 6.45) is 1.92. The number of nitro benzene ring substituents is 1. The molecule has 1 aliphatic heterocycles. The van der Waals surface area contributed by atoms with Crippen LogP contribution in [0.5, 0.6) is 0 Å². The van der Waals surface area contributed by atoms with Crippen LogP contribution >= 0.6 is 0 Å². The Labute approximate surface area is 191 Å². The van der Waals surface area contributed by atoms with E-state index in [0.717, 1.165) is 36.4 Å². The predicted molar refractivity (Wildman–Crippen MR) is 122 cm³/mol. The Balaban J connectivity index is 1.59. The number of nitrogens with one attached hydrogen (secondary N) is 1. The first-order valence-corrected chi connectivity index (χ1v) is 10.6. The number of carbonyl (C=O) groups is 3. The number of nitro groups is 1.